The molecule has 7 rings (SSSR count). The van der Waals surface area contributed by atoms with Crippen molar-refractivity contribution < 1.29 is 13.2 Å². The van der Waals surface area contributed by atoms with Gasteiger partial charge in [0, 0.05) is 11.8 Å². The van der Waals surface area contributed by atoms with E-state index in [1.807, 2.05) is 0 Å². The number of fused-ring (bicyclic) bond motifs is 2. The lowest BCUT2D eigenvalue weighted by Gasteiger charge is -2.55. The van der Waals surface area contributed by atoms with Gasteiger partial charge in [0.05, 0.1) is 10.5 Å². The summed E-state index contributed by atoms with van der Waals surface area (Å²) in [6.07, 6.45) is 12.3. The van der Waals surface area contributed by atoms with Crippen molar-refractivity contribution in [2.24, 2.45) is 35.5 Å². The Morgan fingerprint density at radius 3 is 1.48 bits per heavy atom. The average molecular weight is 304 g/mol. The number of carbonyl (C=O) groups is 1. The van der Waals surface area contributed by atoms with E-state index in [1.165, 1.54) is 0 Å². The van der Waals surface area contributed by atoms with Crippen LogP contribution in [0.4, 0.5) is 0 Å². The highest BCUT2D eigenvalue weighted by atomic mass is 32.2. The monoisotopic (exact) mass is 304 g/mol. The Bertz CT molecular complexity index is 624. The highest BCUT2D eigenvalue weighted by molar-refractivity contribution is 7.92. The molecule has 0 amide bonds. The number of hydrogen-bond donors (Lipinski definition) is 0. The minimum atomic E-state index is -3.20. The van der Waals surface area contributed by atoms with Crippen molar-refractivity contribution in [2.45, 2.75) is 36.2 Å². The largest absolute Gasteiger partial charge is 0.299 e. The highest BCUT2D eigenvalue weighted by Crippen LogP contribution is 2.56. The van der Waals surface area contributed by atoms with Crippen molar-refractivity contribution in [3.8, 4) is 0 Å². The van der Waals surface area contributed by atoms with Crippen LogP contribution in [0.25, 0.3) is 0 Å². The molecule has 0 N–H and O–H groups in total. The van der Waals surface area contributed by atoms with Crippen LogP contribution in [0.15, 0.2) is 24.3 Å². The third kappa shape index (κ3) is 1.40. The molecule has 21 heavy (non-hydrogen) atoms. The first-order valence-corrected chi connectivity index (χ1v) is 9.83. The van der Waals surface area contributed by atoms with Gasteiger partial charge in [0.15, 0.2) is 9.84 Å². The molecular formula is C17H20O3S. The van der Waals surface area contributed by atoms with Crippen molar-refractivity contribution in [2.75, 3.05) is 0 Å². The number of ketones is 1. The Morgan fingerprint density at radius 2 is 1.10 bits per heavy atom. The summed E-state index contributed by atoms with van der Waals surface area (Å²) >= 11 is 0. The van der Waals surface area contributed by atoms with Gasteiger partial charge in [0.2, 0.25) is 0 Å². The maximum atomic E-state index is 13.3. The fourth-order valence-electron chi connectivity index (χ4n) is 5.94. The zero-order valence-corrected chi connectivity index (χ0v) is 12.7. The maximum absolute atomic E-state index is 13.3. The van der Waals surface area contributed by atoms with E-state index in [9.17, 15) is 13.2 Å². The summed E-state index contributed by atoms with van der Waals surface area (Å²) in [5.74, 6) is 0.303. The minimum absolute atomic E-state index is 0.0827. The van der Waals surface area contributed by atoms with Crippen molar-refractivity contribution in [3.05, 3.63) is 24.3 Å². The first-order chi connectivity index (χ1) is 10.1. The number of sulfone groups is 1. The molecule has 1 aliphatic heterocycles. The Kier molecular flexibility index (Phi) is 2.34. The third-order valence-corrected chi connectivity index (χ3v) is 9.57. The van der Waals surface area contributed by atoms with Crippen LogP contribution in [0.3, 0.4) is 0 Å². The van der Waals surface area contributed by atoms with Gasteiger partial charge in [-0.15, -0.1) is 0 Å². The van der Waals surface area contributed by atoms with Crippen molar-refractivity contribution >= 4 is 15.6 Å². The zero-order chi connectivity index (χ0) is 14.4. The van der Waals surface area contributed by atoms with Crippen molar-refractivity contribution in [1.82, 2.24) is 0 Å². The van der Waals surface area contributed by atoms with Gasteiger partial charge in [-0.25, -0.2) is 8.42 Å². The molecule has 0 spiro atoms. The lowest BCUT2D eigenvalue weighted by Crippen LogP contribution is -2.64. The van der Waals surface area contributed by atoms with E-state index in [2.05, 4.69) is 24.3 Å². The van der Waals surface area contributed by atoms with Gasteiger partial charge in [0.1, 0.15) is 5.78 Å². The van der Waals surface area contributed by atoms with Gasteiger partial charge < -0.3 is 0 Å². The first-order valence-electron chi connectivity index (χ1n) is 8.22. The smallest absolute Gasteiger partial charge is 0.158 e. The molecule has 2 saturated carbocycles. The molecule has 7 aliphatic rings. The Labute approximate surface area is 125 Å². The second-order valence-electron chi connectivity index (χ2n) is 7.55. The summed E-state index contributed by atoms with van der Waals surface area (Å²) in [6, 6.07) is 0. The molecule has 3 nitrogen and oxygen atoms in total. The summed E-state index contributed by atoms with van der Waals surface area (Å²) < 4.78 is 26.6. The minimum Gasteiger partial charge on any atom is -0.299 e. The summed E-state index contributed by atoms with van der Waals surface area (Å²) in [6.45, 7) is 0. The molecule has 0 radical (unpaired) electrons. The summed E-state index contributed by atoms with van der Waals surface area (Å²) in [5, 5.41) is -0.828. The molecule has 0 aromatic carbocycles. The van der Waals surface area contributed by atoms with Crippen LogP contribution in [0.1, 0.15) is 25.7 Å². The predicted molar refractivity (Wildman–Crippen MR) is 79.2 cm³/mol. The normalized spacial score (nSPS) is 55.3. The van der Waals surface area contributed by atoms with Gasteiger partial charge in [-0.3, -0.25) is 4.79 Å². The summed E-state index contributed by atoms with van der Waals surface area (Å²) in [7, 11) is -3.20. The molecule has 0 aromatic rings. The molecule has 4 heteroatoms. The molecular weight excluding hydrogens is 284 g/mol. The van der Waals surface area contributed by atoms with E-state index >= 15 is 0 Å². The van der Waals surface area contributed by atoms with Crippen LogP contribution in [0.2, 0.25) is 0 Å². The number of allylic oxidation sites excluding steroid dienone is 4. The summed E-state index contributed by atoms with van der Waals surface area (Å²) in [4.78, 5) is 13.1. The van der Waals surface area contributed by atoms with Crippen LogP contribution in [-0.2, 0) is 14.6 Å². The molecule has 1 saturated heterocycles. The Morgan fingerprint density at radius 1 is 0.714 bits per heavy atom. The summed E-state index contributed by atoms with van der Waals surface area (Å²) in [5.41, 5.74) is 0. The fourth-order valence-corrected chi connectivity index (χ4v) is 9.22. The zero-order valence-electron chi connectivity index (χ0n) is 11.9. The number of Topliss-reactive ketones (excluding diaryl/α,β-unsaturated/α-hetero) is 1. The lowest BCUT2D eigenvalue weighted by atomic mass is 9.59. The number of carbonyl (C=O) groups excluding carboxylic acids is 1. The molecule has 0 aromatic heterocycles. The average Bonchev–Trinajstić information content (AvgIpc) is 2.53. The number of hydrogen-bond acceptors (Lipinski definition) is 3. The molecule has 1 heterocycles. The van der Waals surface area contributed by atoms with E-state index in [-0.39, 0.29) is 41.3 Å². The quantitative estimate of drug-likeness (QED) is 0.644. The standard InChI is InChI=1S/C17H20O3S/c18-15-13-9-1-5-11(6-2-9)16(13)21(19,20)17-12-7-3-10(4-8-12)14(15)17/h1,3,5,7,9-14,16-17H,2,4,6,8H2/t9-,10-,11-,12+,13+,14-,16+,17+/m0/s1. The second-order valence-corrected chi connectivity index (χ2v) is 9.82. The predicted octanol–water partition coefficient (Wildman–Crippen LogP) is 2.15. The molecule has 6 aliphatic carbocycles. The van der Waals surface area contributed by atoms with Gasteiger partial charge >= 0.3 is 0 Å². The Balaban J connectivity index is 1.70. The molecule has 0 unspecified atom stereocenters. The van der Waals surface area contributed by atoms with Crippen LogP contribution in [0, 0.1) is 35.5 Å². The van der Waals surface area contributed by atoms with Crippen molar-refractivity contribution in [3.63, 3.8) is 0 Å². The maximum Gasteiger partial charge on any atom is 0.158 e. The van der Waals surface area contributed by atoms with Gasteiger partial charge in [-0.1, -0.05) is 24.3 Å². The molecule has 4 bridgehead atoms. The van der Waals surface area contributed by atoms with Crippen LogP contribution >= 0.6 is 0 Å². The fraction of sp³-hybridized carbons (Fsp3) is 0.706. The highest BCUT2D eigenvalue weighted by Gasteiger charge is 2.63. The molecule has 3 fully saturated rings. The third-order valence-electron chi connectivity index (χ3n) is 6.77. The lowest BCUT2D eigenvalue weighted by molar-refractivity contribution is -0.133. The number of rotatable bonds is 0. The van der Waals surface area contributed by atoms with Crippen LogP contribution < -0.4 is 0 Å². The topological polar surface area (TPSA) is 51.2 Å². The van der Waals surface area contributed by atoms with E-state index in [4.69, 9.17) is 0 Å². The van der Waals surface area contributed by atoms with Crippen molar-refractivity contribution in [1.29, 1.82) is 0 Å². The first kappa shape index (κ1) is 12.6. The SMILES string of the molecule is O=C1[C@@H]2[C@@H]([C@H]3C=C[C@H]2CC3)S(=O)(=O)[C@H]2[C@H]1[C@H]1C=C[C@@H]2CC1. The van der Waals surface area contributed by atoms with Gasteiger partial charge in [-0.05, 0) is 49.4 Å². The Hall–Kier alpha value is -0.900. The molecule has 8 atom stereocenters. The molecule has 112 valence electrons. The van der Waals surface area contributed by atoms with Crippen LogP contribution in [0.5, 0.6) is 0 Å². The van der Waals surface area contributed by atoms with Gasteiger partial charge in [0.25, 0.3) is 0 Å². The van der Waals surface area contributed by atoms with E-state index in [0.717, 1.165) is 25.7 Å². The second kappa shape index (κ2) is 3.89. The van der Waals surface area contributed by atoms with E-state index in [0.29, 0.717) is 0 Å². The van der Waals surface area contributed by atoms with Crippen LogP contribution in [-0.4, -0.2) is 24.7 Å². The van der Waals surface area contributed by atoms with E-state index < -0.39 is 20.3 Å². The van der Waals surface area contributed by atoms with E-state index in [1.54, 1.807) is 0 Å². The van der Waals surface area contributed by atoms with Gasteiger partial charge in [-0.2, -0.15) is 0 Å².